The molecular formula is C34H44N2O6. The largest absolute Gasteiger partial charge is 0.466 e. The molecule has 8 nitrogen and oxygen atoms in total. The first-order valence-corrected chi connectivity index (χ1v) is 15.2. The van der Waals surface area contributed by atoms with Crippen LogP contribution in [0.15, 0.2) is 66.7 Å². The lowest BCUT2D eigenvalue weighted by molar-refractivity contribution is -0.143. The van der Waals surface area contributed by atoms with Crippen LogP contribution in [-0.2, 0) is 35.2 Å². The number of amides is 1. The number of ether oxygens (including phenoxy) is 3. The Morgan fingerprint density at radius 2 is 1.71 bits per heavy atom. The van der Waals surface area contributed by atoms with Crippen molar-refractivity contribution in [3.8, 4) is 11.1 Å². The van der Waals surface area contributed by atoms with Gasteiger partial charge in [0.25, 0.3) is 0 Å². The average molecular weight is 577 g/mol. The van der Waals surface area contributed by atoms with Gasteiger partial charge in [0.2, 0.25) is 5.91 Å². The number of nitrogens with one attached hydrogen (secondary N) is 1. The van der Waals surface area contributed by atoms with Gasteiger partial charge in [-0.25, -0.2) is 0 Å². The molecule has 2 aromatic carbocycles. The first-order valence-electron chi connectivity index (χ1n) is 15.2. The predicted molar refractivity (Wildman–Crippen MR) is 162 cm³/mol. The van der Waals surface area contributed by atoms with Gasteiger partial charge in [-0.05, 0) is 42.4 Å². The summed E-state index contributed by atoms with van der Waals surface area (Å²) in [5.74, 6) is 0.0480. The number of hydrogen-bond acceptors (Lipinski definition) is 7. The van der Waals surface area contributed by atoms with Crippen molar-refractivity contribution in [1.29, 1.82) is 0 Å². The van der Waals surface area contributed by atoms with Crippen molar-refractivity contribution in [3.05, 3.63) is 72.3 Å². The fourth-order valence-corrected chi connectivity index (χ4v) is 5.72. The number of allylic oxidation sites excluding steroid dienone is 2. The Morgan fingerprint density at radius 3 is 2.45 bits per heavy atom. The molecule has 1 heterocycles. The monoisotopic (exact) mass is 576 g/mol. The number of rotatable bonds is 15. The van der Waals surface area contributed by atoms with Gasteiger partial charge in [0, 0.05) is 45.3 Å². The van der Waals surface area contributed by atoms with Crippen molar-refractivity contribution < 1.29 is 28.6 Å². The summed E-state index contributed by atoms with van der Waals surface area (Å²) in [5.41, 5.74) is 3.45. The predicted octanol–water partition coefficient (Wildman–Crippen LogP) is 4.71. The van der Waals surface area contributed by atoms with Gasteiger partial charge in [0.05, 0.1) is 38.6 Å². The smallest absolute Gasteiger partial charge is 0.306 e. The number of Topliss-reactive ketones (excluding diaryl/α,β-unsaturated/α-hetero) is 1. The van der Waals surface area contributed by atoms with E-state index in [9.17, 15) is 14.4 Å². The molecule has 0 radical (unpaired) electrons. The second-order valence-corrected chi connectivity index (χ2v) is 11.0. The third kappa shape index (κ3) is 9.89. The molecular weight excluding hydrogens is 532 g/mol. The number of benzene rings is 2. The van der Waals surface area contributed by atoms with E-state index in [-0.39, 0.29) is 35.7 Å². The Kier molecular flexibility index (Phi) is 12.8. The number of carbonyl (C=O) groups is 3. The minimum atomic E-state index is -0.235. The van der Waals surface area contributed by atoms with Crippen molar-refractivity contribution in [2.45, 2.75) is 64.2 Å². The van der Waals surface area contributed by atoms with Gasteiger partial charge in [-0.2, -0.15) is 0 Å². The first-order chi connectivity index (χ1) is 20.5. The third-order valence-electron chi connectivity index (χ3n) is 7.89. The number of esters is 1. The van der Waals surface area contributed by atoms with Crippen molar-refractivity contribution in [3.63, 3.8) is 0 Å². The standard InChI is InChI=1S/C34H44N2O6/c1-26(37)35-18-9-21-41-33(39)13-8-3-2-7-12-30-32(24-31(38)34(30)36-19-22-40-23-20-36)42-25-27-14-16-29(17-15-27)28-10-5-4-6-11-28/h2-6,10-11,14-17,30,32,34H,7-9,12-13,18-25H2,1H3,(H,35,37)/t30-,32-,34+/m0/s1. The van der Waals surface area contributed by atoms with Crippen LogP contribution in [-0.4, -0.2) is 74.2 Å². The summed E-state index contributed by atoms with van der Waals surface area (Å²) in [6.45, 7) is 5.58. The molecule has 1 saturated carbocycles. The molecule has 1 aliphatic carbocycles. The van der Waals surface area contributed by atoms with E-state index in [1.807, 2.05) is 24.3 Å². The lowest BCUT2D eigenvalue weighted by atomic mass is 9.93. The molecule has 3 atom stereocenters. The molecule has 226 valence electrons. The van der Waals surface area contributed by atoms with E-state index in [1.54, 1.807) is 0 Å². The van der Waals surface area contributed by atoms with Gasteiger partial charge in [-0.3, -0.25) is 19.3 Å². The van der Waals surface area contributed by atoms with Crippen LogP contribution in [0.3, 0.4) is 0 Å². The van der Waals surface area contributed by atoms with Crippen molar-refractivity contribution in [2.75, 3.05) is 39.5 Å². The van der Waals surface area contributed by atoms with Crippen LogP contribution in [0.4, 0.5) is 0 Å². The molecule has 2 fully saturated rings. The molecule has 0 unspecified atom stereocenters. The van der Waals surface area contributed by atoms with Crippen LogP contribution in [0.5, 0.6) is 0 Å². The minimum absolute atomic E-state index is 0.0867. The van der Waals surface area contributed by atoms with Crippen LogP contribution in [0.25, 0.3) is 11.1 Å². The summed E-state index contributed by atoms with van der Waals surface area (Å²) in [5, 5.41) is 2.68. The van der Waals surface area contributed by atoms with Crippen molar-refractivity contribution in [1.82, 2.24) is 10.2 Å². The Balaban J connectivity index is 1.26. The zero-order valence-electron chi connectivity index (χ0n) is 24.7. The number of nitrogens with zero attached hydrogens (tertiary/aromatic N) is 1. The van der Waals surface area contributed by atoms with Crippen LogP contribution in [0, 0.1) is 5.92 Å². The van der Waals surface area contributed by atoms with E-state index in [1.165, 1.54) is 18.1 Å². The second kappa shape index (κ2) is 16.9. The van der Waals surface area contributed by atoms with Gasteiger partial charge < -0.3 is 19.5 Å². The topological polar surface area (TPSA) is 94.2 Å². The highest BCUT2D eigenvalue weighted by atomic mass is 16.5. The third-order valence-corrected chi connectivity index (χ3v) is 7.89. The van der Waals surface area contributed by atoms with Crippen molar-refractivity contribution in [2.24, 2.45) is 5.92 Å². The molecule has 0 spiro atoms. The van der Waals surface area contributed by atoms with Crippen LogP contribution < -0.4 is 5.32 Å². The molecule has 1 amide bonds. The molecule has 4 rings (SSSR count). The van der Waals surface area contributed by atoms with Crippen LogP contribution in [0.1, 0.15) is 51.0 Å². The van der Waals surface area contributed by atoms with Gasteiger partial charge >= 0.3 is 5.97 Å². The molecule has 1 aliphatic heterocycles. The SMILES string of the molecule is CC(=O)NCCCOC(=O)CCC=CCC[C@H]1[C@@H](OCc2ccc(-c3ccccc3)cc2)CC(=O)[C@@H]1N1CCOCC1. The van der Waals surface area contributed by atoms with E-state index in [0.29, 0.717) is 58.7 Å². The molecule has 1 saturated heterocycles. The number of hydrogen-bond donors (Lipinski definition) is 1. The Bertz CT molecular complexity index is 1160. The van der Waals surface area contributed by atoms with Crippen molar-refractivity contribution >= 4 is 17.7 Å². The Morgan fingerprint density at radius 1 is 1.00 bits per heavy atom. The summed E-state index contributed by atoms with van der Waals surface area (Å²) in [4.78, 5) is 38.3. The van der Waals surface area contributed by atoms with E-state index in [4.69, 9.17) is 14.2 Å². The Labute approximate surface area is 249 Å². The molecule has 42 heavy (non-hydrogen) atoms. The summed E-state index contributed by atoms with van der Waals surface area (Å²) in [7, 11) is 0. The molecule has 8 heteroatoms. The summed E-state index contributed by atoms with van der Waals surface area (Å²) in [6.07, 6.45) is 7.63. The fourth-order valence-electron chi connectivity index (χ4n) is 5.72. The van der Waals surface area contributed by atoms with Gasteiger partial charge in [0.1, 0.15) is 0 Å². The summed E-state index contributed by atoms with van der Waals surface area (Å²) < 4.78 is 17.2. The molecule has 0 aromatic heterocycles. The minimum Gasteiger partial charge on any atom is -0.466 e. The number of morpholine rings is 1. The Hall–Kier alpha value is -3.33. The summed E-state index contributed by atoms with van der Waals surface area (Å²) >= 11 is 0. The van der Waals surface area contributed by atoms with Gasteiger partial charge in [0.15, 0.2) is 5.78 Å². The number of carbonyl (C=O) groups excluding carboxylic acids is 3. The second-order valence-electron chi connectivity index (χ2n) is 11.0. The van der Waals surface area contributed by atoms with E-state index >= 15 is 0 Å². The van der Waals surface area contributed by atoms with E-state index < -0.39 is 0 Å². The highest BCUT2D eigenvalue weighted by Gasteiger charge is 2.45. The molecule has 0 bridgehead atoms. The zero-order chi connectivity index (χ0) is 29.6. The zero-order valence-corrected chi connectivity index (χ0v) is 24.7. The maximum Gasteiger partial charge on any atom is 0.306 e. The average Bonchev–Trinajstić information content (AvgIpc) is 3.33. The highest BCUT2D eigenvalue weighted by Crippen LogP contribution is 2.35. The van der Waals surface area contributed by atoms with E-state index in [2.05, 4.69) is 52.7 Å². The summed E-state index contributed by atoms with van der Waals surface area (Å²) in [6, 6.07) is 18.6. The maximum absolute atomic E-state index is 13.2. The van der Waals surface area contributed by atoms with Gasteiger partial charge in [-0.15, -0.1) is 0 Å². The van der Waals surface area contributed by atoms with Gasteiger partial charge in [-0.1, -0.05) is 66.7 Å². The first kappa shape index (κ1) is 31.6. The lowest BCUT2D eigenvalue weighted by Gasteiger charge is -2.35. The molecule has 2 aliphatic rings. The molecule has 1 N–H and O–H groups in total. The number of ketones is 1. The highest BCUT2D eigenvalue weighted by molar-refractivity contribution is 5.87. The van der Waals surface area contributed by atoms with Crippen LogP contribution in [0.2, 0.25) is 0 Å². The maximum atomic E-state index is 13.2. The molecule has 2 aromatic rings. The van der Waals surface area contributed by atoms with E-state index in [0.717, 1.165) is 31.5 Å². The lowest BCUT2D eigenvalue weighted by Crippen LogP contribution is -2.49. The fraction of sp³-hybridized carbons (Fsp3) is 0.500. The van der Waals surface area contributed by atoms with Crippen LogP contribution >= 0.6 is 0 Å². The quantitative estimate of drug-likeness (QED) is 0.186. The normalized spacial score (nSPS) is 21.1.